The number of benzene rings is 1. The van der Waals surface area contributed by atoms with E-state index < -0.39 is 17.1 Å². The second-order valence-electron chi connectivity index (χ2n) is 13.1. The molecule has 1 spiro atoms. The summed E-state index contributed by atoms with van der Waals surface area (Å²) in [5.41, 5.74) is 0.200. The van der Waals surface area contributed by atoms with Gasteiger partial charge in [-0.15, -0.1) is 0 Å². The number of ether oxygens (including phenoxy) is 2. The molecule has 2 aliphatic heterocycles. The van der Waals surface area contributed by atoms with Gasteiger partial charge in [-0.3, -0.25) is 9.59 Å². The van der Waals surface area contributed by atoms with Crippen molar-refractivity contribution in [3.05, 3.63) is 52.1 Å². The second kappa shape index (κ2) is 11.6. The molecule has 1 aromatic rings. The Morgan fingerprint density at radius 1 is 1.05 bits per heavy atom. The largest absolute Gasteiger partial charge is 0.507 e. The number of allylic oxidation sites excluding steroid dienone is 4. The van der Waals surface area contributed by atoms with Crippen LogP contribution in [0.3, 0.4) is 0 Å². The normalized spacial score (nSPS) is 28.7. The van der Waals surface area contributed by atoms with Crippen LogP contribution in [0.15, 0.2) is 41.0 Å². The molecule has 1 saturated heterocycles. The summed E-state index contributed by atoms with van der Waals surface area (Å²) in [5, 5.41) is 22.3. The highest BCUT2D eigenvalue weighted by Gasteiger charge is 2.79. The Morgan fingerprint density at radius 3 is 2.33 bits per heavy atom. The molecular formula is C35H47NO6. The molecule has 42 heavy (non-hydrogen) atoms. The highest BCUT2D eigenvalue weighted by atomic mass is 16.6. The molecule has 0 unspecified atom stereocenters. The number of hydrogen-bond donors (Lipinski definition) is 2. The Hall–Kier alpha value is -2.90. The maximum absolute atomic E-state index is 14.5. The number of nitrogens with zero attached hydrogens (tertiary/aromatic N) is 1. The lowest BCUT2D eigenvalue weighted by Gasteiger charge is -2.58. The van der Waals surface area contributed by atoms with Crippen LogP contribution in [0, 0.1) is 17.8 Å². The third kappa shape index (κ3) is 4.64. The number of phenols is 2. The topological polar surface area (TPSA) is 96.3 Å². The van der Waals surface area contributed by atoms with Gasteiger partial charge in [-0.05, 0) is 66.0 Å². The molecule has 3 aliphatic carbocycles. The SMILES string of the molecule is CCCCN(CCCC)C[C@@H]1[C@H]2CO[C@@]3(CC=C(C)C)C(=O)[C@@H]1C=C1C(=O)c4c(cc(O)c(CC=C(C)C)c4O)O[C@]123. The molecule has 7 nitrogen and oxygen atoms in total. The van der Waals surface area contributed by atoms with Gasteiger partial charge in [0.1, 0.15) is 22.8 Å². The van der Waals surface area contributed by atoms with Crippen LogP contribution < -0.4 is 4.74 Å². The summed E-state index contributed by atoms with van der Waals surface area (Å²) in [7, 11) is 0. The standard InChI is InChI=1S/C35H47NO6/c1-7-9-15-36(16-10-8-2)19-25-24-17-26-32(39)30-29(18-28(37)23(31(30)38)12-11-21(3)4)42-35(26)27(25)20-41-34(35,33(24)40)14-13-22(5)6/h11,13,17-18,24-25,27,37-38H,7-10,12,14-16,19-20H2,1-6H3/t24-,25+,27-,34+,35-/m1/s1. The summed E-state index contributed by atoms with van der Waals surface area (Å²) >= 11 is 0. The van der Waals surface area contributed by atoms with Crippen molar-refractivity contribution in [3.63, 3.8) is 0 Å². The first kappa shape index (κ1) is 30.6. The minimum Gasteiger partial charge on any atom is -0.507 e. The zero-order valence-electron chi connectivity index (χ0n) is 26.1. The molecule has 0 radical (unpaired) electrons. The van der Waals surface area contributed by atoms with E-state index in [1.54, 1.807) is 0 Å². The molecule has 2 fully saturated rings. The van der Waals surface area contributed by atoms with Gasteiger partial charge in [0.05, 0.1) is 6.61 Å². The molecule has 0 aromatic heterocycles. The first-order valence-electron chi connectivity index (χ1n) is 15.7. The predicted octanol–water partition coefficient (Wildman–Crippen LogP) is 6.32. The smallest absolute Gasteiger partial charge is 0.200 e. The zero-order chi connectivity index (χ0) is 30.4. The molecule has 1 saturated carbocycles. The number of ketones is 2. The molecule has 6 rings (SSSR count). The Labute approximate surface area is 250 Å². The van der Waals surface area contributed by atoms with Crippen molar-refractivity contribution in [2.24, 2.45) is 17.8 Å². The van der Waals surface area contributed by atoms with E-state index in [-0.39, 0.29) is 52.6 Å². The minimum absolute atomic E-state index is 0.0293. The molecule has 5 aliphatic rings. The summed E-state index contributed by atoms with van der Waals surface area (Å²) < 4.78 is 13.4. The van der Waals surface area contributed by atoms with Crippen molar-refractivity contribution in [1.29, 1.82) is 0 Å². The lowest BCUT2D eigenvalue weighted by Crippen LogP contribution is -2.74. The van der Waals surface area contributed by atoms with Gasteiger partial charge < -0.3 is 24.6 Å². The molecule has 2 N–H and O–H groups in total. The zero-order valence-corrected chi connectivity index (χ0v) is 26.1. The second-order valence-corrected chi connectivity index (χ2v) is 13.1. The number of carbonyl (C=O) groups excluding carboxylic acids is 2. The van der Waals surface area contributed by atoms with Crippen LogP contribution in [0.25, 0.3) is 0 Å². The van der Waals surface area contributed by atoms with Crippen molar-refractivity contribution in [2.75, 3.05) is 26.2 Å². The van der Waals surface area contributed by atoms with Gasteiger partial charge in [-0.2, -0.15) is 0 Å². The molecule has 228 valence electrons. The lowest BCUT2D eigenvalue weighted by molar-refractivity contribution is -0.171. The maximum Gasteiger partial charge on any atom is 0.200 e. The van der Waals surface area contributed by atoms with Crippen LogP contribution in [0.4, 0.5) is 0 Å². The average molecular weight is 578 g/mol. The molecule has 5 atom stereocenters. The van der Waals surface area contributed by atoms with Crippen molar-refractivity contribution in [2.45, 2.75) is 91.3 Å². The summed E-state index contributed by atoms with van der Waals surface area (Å²) in [6.07, 6.45) is 10.7. The Balaban J connectivity index is 1.64. The van der Waals surface area contributed by atoms with E-state index in [1.165, 1.54) is 6.07 Å². The predicted molar refractivity (Wildman–Crippen MR) is 163 cm³/mol. The van der Waals surface area contributed by atoms with Crippen LogP contribution >= 0.6 is 0 Å². The summed E-state index contributed by atoms with van der Waals surface area (Å²) in [4.78, 5) is 31.3. The fraction of sp³-hybridized carbons (Fsp3) is 0.600. The van der Waals surface area contributed by atoms with Crippen LogP contribution in [0.2, 0.25) is 0 Å². The van der Waals surface area contributed by atoms with Gasteiger partial charge in [-0.1, -0.05) is 56.1 Å². The first-order chi connectivity index (χ1) is 20.0. The maximum atomic E-state index is 14.5. The molecule has 0 amide bonds. The van der Waals surface area contributed by atoms with Gasteiger partial charge in [0.2, 0.25) is 0 Å². The van der Waals surface area contributed by atoms with Crippen molar-refractivity contribution in [1.82, 2.24) is 4.90 Å². The fourth-order valence-electron chi connectivity index (χ4n) is 7.57. The number of carbonyl (C=O) groups is 2. The van der Waals surface area contributed by atoms with Crippen LogP contribution in [-0.2, 0) is 16.0 Å². The third-order valence-corrected chi connectivity index (χ3v) is 9.78. The van der Waals surface area contributed by atoms with Gasteiger partial charge in [0, 0.05) is 42.0 Å². The van der Waals surface area contributed by atoms with E-state index >= 15 is 0 Å². The number of aromatic hydroxyl groups is 2. The number of fused-ring (bicyclic) bond motifs is 1. The Morgan fingerprint density at radius 2 is 1.71 bits per heavy atom. The van der Waals surface area contributed by atoms with Crippen molar-refractivity contribution >= 4 is 11.6 Å². The van der Waals surface area contributed by atoms with Gasteiger partial charge in [-0.25, -0.2) is 0 Å². The molecule has 7 heteroatoms. The first-order valence-corrected chi connectivity index (χ1v) is 15.7. The molecule has 1 aromatic carbocycles. The van der Waals surface area contributed by atoms with E-state index in [1.807, 2.05) is 45.9 Å². The van der Waals surface area contributed by atoms with Gasteiger partial charge in [0.25, 0.3) is 0 Å². The van der Waals surface area contributed by atoms with E-state index in [9.17, 15) is 19.8 Å². The molecule has 2 heterocycles. The van der Waals surface area contributed by atoms with Crippen molar-refractivity contribution < 1.29 is 29.3 Å². The summed E-state index contributed by atoms with van der Waals surface area (Å²) in [5.74, 6) is -1.40. The van der Waals surface area contributed by atoms with Crippen LogP contribution in [0.5, 0.6) is 17.2 Å². The number of phenolic OH excluding ortho intramolecular Hbond substituents is 2. The number of hydrogen-bond acceptors (Lipinski definition) is 7. The minimum atomic E-state index is -1.34. The number of rotatable bonds is 12. The van der Waals surface area contributed by atoms with Crippen LogP contribution in [0.1, 0.15) is 89.6 Å². The average Bonchev–Trinajstić information content (AvgIpc) is 3.22. The quantitative estimate of drug-likeness (QED) is 0.281. The van der Waals surface area contributed by atoms with E-state index in [4.69, 9.17) is 9.47 Å². The fourth-order valence-corrected chi connectivity index (χ4v) is 7.57. The lowest BCUT2D eigenvalue weighted by atomic mass is 9.49. The highest BCUT2D eigenvalue weighted by Crippen LogP contribution is 2.65. The summed E-state index contributed by atoms with van der Waals surface area (Å²) in [6, 6.07) is 1.44. The Kier molecular flexibility index (Phi) is 8.47. The van der Waals surface area contributed by atoms with Crippen molar-refractivity contribution in [3.8, 4) is 17.2 Å². The molecule has 4 bridgehead atoms. The number of unbranched alkanes of at least 4 members (excludes halogenated alkanes) is 2. The highest BCUT2D eigenvalue weighted by molar-refractivity contribution is 6.18. The van der Waals surface area contributed by atoms with Gasteiger partial charge >= 0.3 is 0 Å². The van der Waals surface area contributed by atoms with Crippen LogP contribution in [-0.4, -0.2) is 64.1 Å². The van der Waals surface area contributed by atoms with Gasteiger partial charge in [0.15, 0.2) is 22.8 Å². The number of Topliss-reactive ketones (excluding diaryl/α,β-unsaturated/α-hetero) is 2. The molecular weight excluding hydrogens is 530 g/mol. The Bertz CT molecular complexity index is 1340. The third-order valence-electron chi connectivity index (χ3n) is 9.78. The van der Waals surface area contributed by atoms with E-state index in [2.05, 4.69) is 18.7 Å². The summed E-state index contributed by atoms with van der Waals surface area (Å²) in [6.45, 7) is 15.2. The monoisotopic (exact) mass is 577 g/mol. The van der Waals surface area contributed by atoms with E-state index in [0.717, 1.165) is 56.5 Å². The van der Waals surface area contributed by atoms with E-state index in [0.29, 0.717) is 24.2 Å².